The van der Waals surface area contributed by atoms with E-state index < -0.39 is 18.4 Å². The Morgan fingerprint density at radius 1 is 1.20 bits per heavy atom. The van der Waals surface area contributed by atoms with Crippen molar-refractivity contribution in [2.75, 3.05) is 0 Å². The van der Waals surface area contributed by atoms with Gasteiger partial charge in [-0.15, -0.1) is 0 Å². The van der Waals surface area contributed by atoms with E-state index in [9.17, 15) is 0 Å². The summed E-state index contributed by atoms with van der Waals surface area (Å²) in [4.78, 5) is 7.60. The van der Waals surface area contributed by atoms with Crippen LogP contribution in [-0.2, 0) is 0 Å². The fourth-order valence-electron chi connectivity index (χ4n) is 0.306. The van der Waals surface area contributed by atoms with Gasteiger partial charge in [0.15, 0.2) is 0 Å². The van der Waals surface area contributed by atoms with Crippen LogP contribution in [0.3, 0.4) is 0 Å². The predicted molar refractivity (Wildman–Crippen MR) is 53.9 cm³/mol. The minimum absolute atomic E-state index is 0.454. The van der Waals surface area contributed by atoms with Crippen LogP contribution in [0.25, 0.3) is 0 Å². The van der Waals surface area contributed by atoms with Crippen LogP contribution >= 0.6 is 15.9 Å². The van der Waals surface area contributed by atoms with Gasteiger partial charge in [0.25, 0.3) is 0 Å². The van der Waals surface area contributed by atoms with Gasteiger partial charge >= 0.3 is 77.2 Å². The maximum atomic E-state index is 3.34. The zero-order chi connectivity index (χ0) is 8.41. The molecule has 0 amide bonds. The molecule has 0 aliphatic heterocycles. The van der Waals surface area contributed by atoms with Gasteiger partial charge in [-0.2, -0.15) is 0 Å². The molecule has 10 heavy (non-hydrogen) atoms. The summed E-state index contributed by atoms with van der Waals surface area (Å²) in [7, 11) is 0. The maximum absolute atomic E-state index is 3.34. The number of halogens is 1. The Labute approximate surface area is 76.8 Å². The molecule has 0 unspecified atom stereocenters. The van der Waals surface area contributed by atoms with Crippen LogP contribution < -0.4 is 0 Å². The van der Waals surface area contributed by atoms with E-state index in [-0.39, 0.29) is 0 Å². The molecule has 0 radical (unpaired) electrons. The predicted octanol–water partition coefficient (Wildman–Crippen LogP) is 3.39. The van der Waals surface area contributed by atoms with Crippen molar-refractivity contribution in [2.24, 2.45) is 0 Å². The molecule has 0 N–H and O–H groups in total. The summed E-state index contributed by atoms with van der Waals surface area (Å²) in [5, 5.41) is 0. The molecule has 0 aromatic heterocycles. The van der Waals surface area contributed by atoms with Crippen LogP contribution in [-0.4, -0.2) is 18.4 Å². The second-order valence-electron chi connectivity index (χ2n) is 4.09. The molecule has 0 nitrogen and oxygen atoms in total. The van der Waals surface area contributed by atoms with Crippen molar-refractivity contribution >= 4 is 34.3 Å². The molecule has 0 bridgehead atoms. The van der Waals surface area contributed by atoms with Crippen molar-refractivity contribution in [3.05, 3.63) is 0 Å². The first-order chi connectivity index (χ1) is 4.31. The molecule has 0 saturated heterocycles. The third-order valence-electron chi connectivity index (χ3n) is 2.23. The average molecular weight is 310 g/mol. The molecule has 0 aromatic rings. The Balaban J connectivity index is 4.51. The minimum atomic E-state index is -2.03. The van der Waals surface area contributed by atoms with Crippen molar-refractivity contribution in [3.63, 3.8) is 0 Å². The standard InChI is InChI=1S/C4H9.C2Br.2CH3.Sn/c1-4(2)3;1-2-3;;;/h1-3H3;;2*1H3;. The zero-order valence-corrected chi connectivity index (χ0v) is 11.8. The Kier molecular flexibility index (Phi) is 3.78. The molecule has 0 aliphatic rings. The van der Waals surface area contributed by atoms with Crippen LogP contribution in [0.5, 0.6) is 0 Å². The average Bonchev–Trinajstić information content (AvgIpc) is 1.61. The van der Waals surface area contributed by atoms with Crippen molar-refractivity contribution in [1.82, 2.24) is 0 Å². The van der Waals surface area contributed by atoms with Crippen molar-refractivity contribution < 1.29 is 0 Å². The van der Waals surface area contributed by atoms with Crippen molar-refractivity contribution in [2.45, 2.75) is 34.1 Å². The molecule has 0 fully saturated rings. The Hall–Kier alpha value is 0.839. The van der Waals surface area contributed by atoms with Gasteiger partial charge in [-0.05, 0) is 0 Å². The van der Waals surface area contributed by atoms with Crippen LogP contribution in [0.4, 0.5) is 0 Å². The van der Waals surface area contributed by atoms with Crippen molar-refractivity contribution in [3.8, 4) is 8.77 Å². The molecule has 2 heteroatoms. The molecule has 0 rings (SSSR count). The van der Waals surface area contributed by atoms with E-state index >= 15 is 0 Å². The van der Waals surface area contributed by atoms with E-state index in [1.54, 1.807) is 0 Å². The molecule has 0 atom stereocenters. The van der Waals surface area contributed by atoms with E-state index in [2.05, 4.69) is 55.3 Å². The summed E-state index contributed by atoms with van der Waals surface area (Å²) in [6.45, 7) is 6.88. The summed E-state index contributed by atoms with van der Waals surface area (Å²) in [5.74, 6) is 0. The summed E-state index contributed by atoms with van der Waals surface area (Å²) >= 11 is 1.14. The second kappa shape index (κ2) is 3.49. The molecule has 58 valence electrons. The second-order valence-corrected chi connectivity index (χ2v) is 18.8. The first-order valence-corrected chi connectivity index (χ1v) is 12.8. The zero-order valence-electron chi connectivity index (χ0n) is 7.38. The molecule has 0 spiro atoms. The number of hydrogen-bond donors (Lipinski definition) is 0. The molecular formula is C8H15BrSn. The van der Waals surface area contributed by atoms with E-state index in [1.165, 1.54) is 0 Å². The topological polar surface area (TPSA) is 0 Å². The Morgan fingerprint density at radius 2 is 1.60 bits per heavy atom. The molecule has 0 heterocycles. The molecule has 0 aliphatic carbocycles. The van der Waals surface area contributed by atoms with Gasteiger partial charge in [-0.1, -0.05) is 0 Å². The fourth-order valence-corrected chi connectivity index (χ4v) is 5.37. The van der Waals surface area contributed by atoms with Crippen LogP contribution in [0, 0.1) is 8.77 Å². The summed E-state index contributed by atoms with van der Waals surface area (Å²) in [6, 6.07) is 0. The summed E-state index contributed by atoms with van der Waals surface area (Å²) in [5.41, 5.74) is 0. The first kappa shape index (κ1) is 10.8. The quantitative estimate of drug-likeness (QED) is 0.475. The van der Waals surface area contributed by atoms with E-state index in [4.69, 9.17) is 0 Å². The molecular weight excluding hydrogens is 295 g/mol. The normalized spacial score (nSPS) is 12.2. The Morgan fingerprint density at radius 3 is 1.70 bits per heavy atom. The van der Waals surface area contributed by atoms with Crippen LogP contribution in [0.2, 0.25) is 13.3 Å². The number of hydrogen-bond acceptors (Lipinski definition) is 0. The molecule has 0 saturated carbocycles. The van der Waals surface area contributed by atoms with Gasteiger partial charge in [0, 0.05) is 0 Å². The van der Waals surface area contributed by atoms with E-state index in [0.717, 1.165) is 0 Å². The monoisotopic (exact) mass is 310 g/mol. The van der Waals surface area contributed by atoms with Gasteiger partial charge in [0.05, 0.1) is 0 Å². The third kappa shape index (κ3) is 2.84. The van der Waals surface area contributed by atoms with Gasteiger partial charge in [0.1, 0.15) is 0 Å². The summed E-state index contributed by atoms with van der Waals surface area (Å²) < 4.78 is 3.79. The van der Waals surface area contributed by atoms with E-state index in [1.807, 2.05) is 0 Å². The Bertz CT molecular complexity index is 166. The van der Waals surface area contributed by atoms with Crippen molar-refractivity contribution in [1.29, 1.82) is 0 Å². The number of rotatable bonds is 0. The van der Waals surface area contributed by atoms with Gasteiger partial charge in [0.2, 0.25) is 0 Å². The fraction of sp³-hybridized carbons (Fsp3) is 0.750. The van der Waals surface area contributed by atoms with E-state index in [0.29, 0.717) is 3.43 Å². The third-order valence-corrected chi connectivity index (χ3v) is 16.3. The van der Waals surface area contributed by atoms with Gasteiger partial charge in [-0.3, -0.25) is 0 Å². The van der Waals surface area contributed by atoms with Crippen LogP contribution in [0.15, 0.2) is 0 Å². The molecule has 0 aromatic carbocycles. The first-order valence-electron chi connectivity index (χ1n) is 3.44. The summed E-state index contributed by atoms with van der Waals surface area (Å²) in [6.07, 6.45) is 0. The van der Waals surface area contributed by atoms with Crippen LogP contribution in [0.1, 0.15) is 20.8 Å². The van der Waals surface area contributed by atoms with Gasteiger partial charge < -0.3 is 0 Å². The SMILES string of the molecule is C[C](C)(C)[Sn]([CH3])([CH3])[C]#CBr. The van der Waals surface area contributed by atoms with Gasteiger partial charge in [-0.25, -0.2) is 0 Å².